The predicted molar refractivity (Wildman–Crippen MR) is 150 cm³/mol. The number of carbonyl (C=O) groups excluding carboxylic acids is 2. The van der Waals surface area contributed by atoms with Crippen LogP contribution in [-0.2, 0) is 9.59 Å². The molecular weight excluding hydrogens is 480 g/mol. The first-order valence-electron chi connectivity index (χ1n) is 13.8. The lowest BCUT2D eigenvalue weighted by Gasteiger charge is -2.60. The van der Waals surface area contributed by atoms with Crippen LogP contribution in [0.3, 0.4) is 0 Å². The van der Waals surface area contributed by atoms with E-state index in [0.29, 0.717) is 24.2 Å². The van der Waals surface area contributed by atoms with Crippen LogP contribution in [0.15, 0.2) is 66.4 Å². The van der Waals surface area contributed by atoms with Gasteiger partial charge in [0.05, 0.1) is 0 Å². The number of allylic oxidation sites excluding steroid dienone is 2. The van der Waals surface area contributed by atoms with Gasteiger partial charge in [-0.25, -0.2) is 0 Å². The number of halogens is 1. The molecule has 3 fully saturated rings. The maximum Gasteiger partial charge on any atom is 0.230 e. The first-order chi connectivity index (χ1) is 17.7. The number of carbonyl (C=O) groups is 2. The number of fused-ring (bicyclic) bond motifs is 5. The molecule has 0 unspecified atom stereocenters. The van der Waals surface area contributed by atoms with Crippen LogP contribution in [0.2, 0.25) is 5.02 Å². The quantitative estimate of drug-likeness (QED) is 0.435. The van der Waals surface area contributed by atoms with Crippen molar-refractivity contribution in [3.8, 4) is 0 Å². The number of rotatable bonds is 3. The molecule has 2 saturated carbocycles. The number of hydrogen-bond acceptors (Lipinski definition) is 3. The summed E-state index contributed by atoms with van der Waals surface area (Å²) in [5.41, 5.74) is 3.23. The SMILES string of the molecule is CN(C(=O)[C@H]1CC[C@H]2[C@@H]3CN(c4ccc(Cl)cc4)C4=CC(=O)CC[C@]4(C)[C@H]3CC[C@]12C)c1ccccc1. The average molecular weight is 517 g/mol. The minimum absolute atomic E-state index is 0.00494. The molecule has 0 bridgehead atoms. The molecular formula is C32H37ClN2O2. The molecule has 5 heteroatoms. The largest absolute Gasteiger partial charge is 0.344 e. The minimum atomic E-state index is -0.0271. The van der Waals surface area contributed by atoms with Crippen molar-refractivity contribution in [3.63, 3.8) is 0 Å². The molecule has 3 aliphatic carbocycles. The van der Waals surface area contributed by atoms with E-state index in [9.17, 15) is 9.59 Å². The van der Waals surface area contributed by atoms with Gasteiger partial charge in [-0.05, 0) is 91.7 Å². The summed E-state index contributed by atoms with van der Waals surface area (Å²) in [5, 5.41) is 0.722. The second kappa shape index (κ2) is 9.01. The Morgan fingerprint density at radius 1 is 0.973 bits per heavy atom. The van der Waals surface area contributed by atoms with Gasteiger partial charge in [-0.1, -0.05) is 43.6 Å². The summed E-state index contributed by atoms with van der Waals surface area (Å²) in [6.07, 6.45) is 7.72. The Morgan fingerprint density at radius 3 is 2.43 bits per heavy atom. The zero-order valence-electron chi connectivity index (χ0n) is 22.1. The summed E-state index contributed by atoms with van der Waals surface area (Å²) in [6.45, 7) is 5.69. The molecule has 37 heavy (non-hydrogen) atoms. The molecule has 1 saturated heterocycles. The highest BCUT2D eigenvalue weighted by Gasteiger charge is 2.62. The number of para-hydroxylation sites is 1. The summed E-state index contributed by atoms with van der Waals surface area (Å²) in [5.74, 6) is 2.07. The fraction of sp³-hybridized carbons (Fsp3) is 0.500. The maximum absolute atomic E-state index is 13.9. The van der Waals surface area contributed by atoms with E-state index >= 15 is 0 Å². The van der Waals surface area contributed by atoms with Gasteiger partial charge in [0.25, 0.3) is 0 Å². The summed E-state index contributed by atoms with van der Waals surface area (Å²) in [6, 6.07) is 18.1. The molecule has 194 valence electrons. The van der Waals surface area contributed by atoms with Crippen molar-refractivity contribution in [1.29, 1.82) is 0 Å². The van der Waals surface area contributed by atoms with Crippen LogP contribution in [0, 0.1) is 34.5 Å². The normalized spacial score (nSPS) is 34.8. The fourth-order valence-electron chi connectivity index (χ4n) is 8.59. The highest BCUT2D eigenvalue weighted by atomic mass is 35.5. The van der Waals surface area contributed by atoms with Crippen LogP contribution < -0.4 is 9.80 Å². The average Bonchev–Trinajstić information content (AvgIpc) is 3.26. The summed E-state index contributed by atoms with van der Waals surface area (Å²) < 4.78 is 0. The number of benzene rings is 2. The van der Waals surface area contributed by atoms with Crippen molar-refractivity contribution < 1.29 is 9.59 Å². The summed E-state index contributed by atoms with van der Waals surface area (Å²) >= 11 is 6.23. The van der Waals surface area contributed by atoms with Crippen molar-refractivity contribution in [1.82, 2.24) is 0 Å². The summed E-state index contributed by atoms with van der Waals surface area (Å²) in [4.78, 5) is 30.8. The molecule has 0 aromatic heterocycles. The topological polar surface area (TPSA) is 40.6 Å². The van der Waals surface area contributed by atoms with Crippen LogP contribution in [-0.4, -0.2) is 25.3 Å². The summed E-state index contributed by atoms with van der Waals surface area (Å²) in [7, 11) is 1.93. The Balaban J connectivity index is 1.34. The Bertz CT molecular complexity index is 1240. The van der Waals surface area contributed by atoms with Gasteiger partial charge in [-0.2, -0.15) is 0 Å². The van der Waals surface area contributed by atoms with Gasteiger partial charge >= 0.3 is 0 Å². The van der Waals surface area contributed by atoms with Gasteiger partial charge in [-0.15, -0.1) is 0 Å². The van der Waals surface area contributed by atoms with E-state index in [4.69, 9.17) is 11.6 Å². The molecule has 0 N–H and O–H groups in total. The minimum Gasteiger partial charge on any atom is -0.344 e. The second-order valence-corrected chi connectivity index (χ2v) is 12.7. The Kier molecular flexibility index (Phi) is 6.02. The van der Waals surface area contributed by atoms with Crippen LogP contribution in [0.25, 0.3) is 0 Å². The molecule has 2 aromatic carbocycles. The van der Waals surface area contributed by atoms with Gasteiger partial charge < -0.3 is 9.80 Å². The van der Waals surface area contributed by atoms with Gasteiger partial charge in [-0.3, -0.25) is 9.59 Å². The predicted octanol–water partition coefficient (Wildman–Crippen LogP) is 7.13. The second-order valence-electron chi connectivity index (χ2n) is 12.3. The highest BCUT2D eigenvalue weighted by molar-refractivity contribution is 6.30. The third kappa shape index (κ3) is 3.86. The van der Waals surface area contributed by atoms with E-state index in [1.54, 1.807) is 0 Å². The van der Waals surface area contributed by atoms with Crippen molar-refractivity contribution in [2.24, 2.45) is 34.5 Å². The standard InChI is InChI=1S/C32H37ClN2O2/c1-31-18-16-27-25(26(31)13-14-28(31)30(37)34(3)22-7-5-4-6-8-22)20-35(23-11-9-21(33)10-12-23)29-19-24(36)15-17-32(27,29)2/h4-12,19,25-28H,13-18,20H2,1-3H3/t25-,26-,27-,28+,31-,32+/m0/s1. The lowest BCUT2D eigenvalue weighted by atomic mass is 9.49. The van der Waals surface area contributed by atoms with Gasteiger partial charge in [0.1, 0.15) is 0 Å². The molecule has 0 spiro atoms. The molecule has 1 heterocycles. The van der Waals surface area contributed by atoms with E-state index in [-0.39, 0.29) is 28.4 Å². The third-order valence-electron chi connectivity index (χ3n) is 10.6. The van der Waals surface area contributed by atoms with Crippen LogP contribution >= 0.6 is 11.6 Å². The molecule has 2 aromatic rings. The number of hydrogen-bond donors (Lipinski definition) is 0. The zero-order valence-corrected chi connectivity index (χ0v) is 22.9. The molecule has 6 rings (SSSR count). The van der Waals surface area contributed by atoms with E-state index < -0.39 is 0 Å². The first-order valence-corrected chi connectivity index (χ1v) is 14.2. The lowest BCUT2D eigenvalue weighted by Crippen LogP contribution is -2.58. The van der Waals surface area contributed by atoms with Gasteiger partial charge in [0.2, 0.25) is 5.91 Å². The maximum atomic E-state index is 13.9. The Hall–Kier alpha value is -2.59. The monoisotopic (exact) mass is 516 g/mol. The van der Waals surface area contributed by atoms with E-state index in [2.05, 4.69) is 30.9 Å². The van der Waals surface area contributed by atoms with E-state index in [1.165, 1.54) is 5.70 Å². The van der Waals surface area contributed by atoms with Crippen molar-refractivity contribution in [3.05, 3.63) is 71.4 Å². The van der Waals surface area contributed by atoms with Crippen molar-refractivity contribution in [2.75, 3.05) is 23.4 Å². The van der Waals surface area contributed by atoms with Gasteiger partial charge in [0, 0.05) is 59.5 Å². The Morgan fingerprint density at radius 2 is 1.70 bits per heavy atom. The molecule has 4 aliphatic rings. The van der Waals surface area contributed by atoms with Gasteiger partial charge in [0.15, 0.2) is 5.78 Å². The molecule has 0 radical (unpaired) electrons. The highest BCUT2D eigenvalue weighted by Crippen LogP contribution is 2.66. The van der Waals surface area contributed by atoms with E-state index in [0.717, 1.165) is 55.0 Å². The molecule has 1 amide bonds. The number of anilines is 2. The number of piperidine rings is 1. The lowest BCUT2D eigenvalue weighted by molar-refractivity contribution is -0.129. The van der Waals surface area contributed by atoms with E-state index in [1.807, 2.05) is 60.5 Å². The first kappa shape index (κ1) is 24.7. The van der Waals surface area contributed by atoms with Crippen LogP contribution in [0.4, 0.5) is 11.4 Å². The number of nitrogens with zero attached hydrogens (tertiary/aromatic N) is 2. The molecule has 6 atom stereocenters. The fourth-order valence-corrected chi connectivity index (χ4v) is 8.71. The third-order valence-corrected chi connectivity index (χ3v) is 10.9. The molecule has 1 aliphatic heterocycles. The number of ketones is 1. The zero-order chi connectivity index (χ0) is 25.9. The van der Waals surface area contributed by atoms with Crippen molar-refractivity contribution >= 4 is 34.7 Å². The van der Waals surface area contributed by atoms with Crippen LogP contribution in [0.5, 0.6) is 0 Å². The molecule has 4 nitrogen and oxygen atoms in total. The van der Waals surface area contributed by atoms with Crippen molar-refractivity contribution in [2.45, 2.75) is 52.4 Å². The van der Waals surface area contributed by atoms with Crippen LogP contribution in [0.1, 0.15) is 52.4 Å². The number of amides is 1. The smallest absolute Gasteiger partial charge is 0.230 e. The Labute approximate surface area is 225 Å².